The molecule has 1 fully saturated rings. The Hall–Kier alpha value is -3.79. The highest BCUT2D eigenvalue weighted by atomic mass is 19.1. The minimum atomic E-state index is -0.803. The molecule has 0 aliphatic carbocycles. The number of fused-ring (bicyclic) bond motifs is 1. The third kappa shape index (κ3) is 8.36. The van der Waals surface area contributed by atoms with Crippen molar-refractivity contribution in [3.63, 3.8) is 0 Å². The van der Waals surface area contributed by atoms with Crippen LogP contribution < -0.4 is 21.3 Å². The highest BCUT2D eigenvalue weighted by Gasteiger charge is 2.39. The molecule has 1 atom stereocenters. The molecule has 10 heteroatoms. The van der Waals surface area contributed by atoms with Crippen molar-refractivity contribution in [1.82, 2.24) is 26.2 Å². The minimum Gasteiger partial charge on any atom is -0.356 e. The Kier molecular flexibility index (Phi) is 10.1. The number of rotatable bonds is 3. The van der Waals surface area contributed by atoms with Crippen LogP contribution in [0.5, 0.6) is 0 Å². The monoisotopic (exact) mass is 565 g/mol. The predicted octanol–water partition coefficient (Wildman–Crippen LogP) is 2.44. The van der Waals surface area contributed by atoms with Gasteiger partial charge in [-0.2, -0.15) is 0 Å². The number of likely N-dealkylation sites (tertiary alicyclic amines) is 1. The zero-order chi connectivity index (χ0) is 29.4. The fraction of sp³-hybridized carbons (Fsp3) is 0.484. The molecule has 0 saturated carbocycles. The molecule has 0 aromatic heterocycles. The van der Waals surface area contributed by atoms with Crippen LogP contribution in [0.15, 0.2) is 48.5 Å². The van der Waals surface area contributed by atoms with Gasteiger partial charge in [-0.3, -0.25) is 19.2 Å². The largest absolute Gasteiger partial charge is 0.356 e. The summed E-state index contributed by atoms with van der Waals surface area (Å²) in [6.45, 7) is 5.40. The number of hydrogen-bond donors (Lipinski definition) is 4. The zero-order valence-electron chi connectivity index (χ0n) is 23.8. The number of amides is 4. The van der Waals surface area contributed by atoms with Crippen molar-refractivity contribution in [3.8, 4) is 0 Å². The molecular weight excluding hydrogens is 525 g/mol. The van der Waals surface area contributed by atoms with Gasteiger partial charge in [0.2, 0.25) is 17.7 Å². The van der Waals surface area contributed by atoms with Crippen molar-refractivity contribution in [2.75, 3.05) is 19.6 Å². The second-order valence-electron chi connectivity index (χ2n) is 11.3. The average molecular weight is 566 g/mol. The summed E-state index contributed by atoms with van der Waals surface area (Å²) in [4.78, 5) is 54.1. The van der Waals surface area contributed by atoms with Gasteiger partial charge in [-0.15, -0.1) is 0 Å². The summed E-state index contributed by atoms with van der Waals surface area (Å²) >= 11 is 0. The Morgan fingerprint density at radius 2 is 1.66 bits per heavy atom. The lowest BCUT2D eigenvalue weighted by Gasteiger charge is -2.42. The first-order chi connectivity index (χ1) is 19.6. The molecule has 1 saturated heterocycles. The van der Waals surface area contributed by atoms with Crippen LogP contribution in [-0.4, -0.2) is 65.8 Å². The van der Waals surface area contributed by atoms with Gasteiger partial charge in [-0.1, -0.05) is 38.1 Å². The summed E-state index contributed by atoms with van der Waals surface area (Å²) in [7, 11) is 0. The summed E-state index contributed by atoms with van der Waals surface area (Å²) < 4.78 is 13.3. The predicted molar refractivity (Wildman–Crippen MR) is 153 cm³/mol. The van der Waals surface area contributed by atoms with Crippen molar-refractivity contribution in [2.45, 2.75) is 76.5 Å². The lowest BCUT2D eigenvalue weighted by molar-refractivity contribution is -0.126. The standard InChI is InChI=1S/C31H40FN5O4/c1-21(2)35-26-8-5-15-33-28(39)19-31(13-16-37(17-14-31)30(41)22-9-11-25(32)12-10-22)36-27(38)18-23-6-3-4-7-24(23)20-34-29(26)40/h3-4,6-7,9-12,21,26,35H,5,8,13-20H2,1-2H3,(H,33,39)(H,34,40)(H,36,38)/t26-/m0/s1. The smallest absolute Gasteiger partial charge is 0.253 e. The third-order valence-electron chi connectivity index (χ3n) is 7.77. The van der Waals surface area contributed by atoms with Crippen LogP contribution in [-0.2, 0) is 27.3 Å². The second-order valence-corrected chi connectivity index (χ2v) is 11.3. The number of nitrogens with one attached hydrogen (secondary N) is 4. The van der Waals surface area contributed by atoms with E-state index < -0.39 is 17.4 Å². The van der Waals surface area contributed by atoms with Crippen molar-refractivity contribution in [3.05, 3.63) is 71.0 Å². The van der Waals surface area contributed by atoms with E-state index in [1.807, 2.05) is 38.1 Å². The maximum atomic E-state index is 13.4. The third-order valence-corrected chi connectivity index (χ3v) is 7.77. The summed E-state index contributed by atoms with van der Waals surface area (Å²) in [6.07, 6.45) is 2.19. The Balaban J connectivity index is 1.51. The van der Waals surface area contributed by atoms with E-state index in [0.717, 1.165) is 11.1 Å². The Labute approximate surface area is 240 Å². The molecule has 0 unspecified atom stereocenters. The van der Waals surface area contributed by atoms with Gasteiger partial charge in [0.15, 0.2) is 0 Å². The van der Waals surface area contributed by atoms with E-state index in [4.69, 9.17) is 0 Å². The van der Waals surface area contributed by atoms with E-state index in [1.165, 1.54) is 24.3 Å². The summed E-state index contributed by atoms with van der Waals surface area (Å²) in [6, 6.07) is 12.7. The van der Waals surface area contributed by atoms with Gasteiger partial charge in [-0.25, -0.2) is 4.39 Å². The molecule has 2 heterocycles. The first-order valence-corrected chi connectivity index (χ1v) is 14.4. The van der Waals surface area contributed by atoms with Crippen molar-refractivity contribution in [1.29, 1.82) is 0 Å². The summed E-state index contributed by atoms with van der Waals surface area (Å²) in [5.41, 5.74) is 1.26. The maximum Gasteiger partial charge on any atom is 0.253 e. The van der Waals surface area contributed by atoms with Crippen LogP contribution in [0, 0.1) is 5.82 Å². The van der Waals surface area contributed by atoms with Crippen LogP contribution >= 0.6 is 0 Å². The molecule has 0 bridgehead atoms. The van der Waals surface area contributed by atoms with Crippen molar-refractivity contribution in [2.24, 2.45) is 0 Å². The molecule has 220 valence electrons. The van der Waals surface area contributed by atoms with E-state index in [9.17, 15) is 23.6 Å². The van der Waals surface area contributed by atoms with Crippen LogP contribution in [0.1, 0.15) is 67.4 Å². The van der Waals surface area contributed by atoms with Crippen LogP contribution in [0.2, 0.25) is 0 Å². The molecule has 9 nitrogen and oxygen atoms in total. The number of piperidine rings is 1. The van der Waals surface area contributed by atoms with Gasteiger partial charge >= 0.3 is 0 Å². The highest BCUT2D eigenvalue weighted by Crippen LogP contribution is 2.28. The average Bonchev–Trinajstić information content (AvgIpc) is 2.93. The Morgan fingerprint density at radius 3 is 2.34 bits per heavy atom. The van der Waals surface area contributed by atoms with E-state index >= 15 is 0 Å². The maximum absolute atomic E-state index is 13.4. The zero-order valence-corrected chi connectivity index (χ0v) is 23.8. The number of halogens is 1. The molecule has 4 N–H and O–H groups in total. The fourth-order valence-corrected chi connectivity index (χ4v) is 5.58. The molecule has 2 aromatic rings. The molecule has 2 aliphatic rings. The van der Waals surface area contributed by atoms with E-state index in [-0.39, 0.29) is 42.5 Å². The van der Waals surface area contributed by atoms with Crippen LogP contribution in [0.25, 0.3) is 0 Å². The first-order valence-electron chi connectivity index (χ1n) is 14.4. The van der Waals surface area contributed by atoms with Gasteiger partial charge in [0.05, 0.1) is 18.0 Å². The lowest BCUT2D eigenvalue weighted by Crippen LogP contribution is -2.58. The SMILES string of the molecule is CC(C)N[C@H]1CCCNC(=O)CC2(CCN(C(=O)c3ccc(F)cc3)CC2)NC(=O)Cc2ccccc2CNC1=O. The fourth-order valence-electron chi connectivity index (χ4n) is 5.58. The summed E-state index contributed by atoms with van der Waals surface area (Å²) in [5.74, 6) is -1.13. The molecule has 2 aromatic carbocycles. The van der Waals surface area contributed by atoms with Gasteiger partial charge in [0.1, 0.15) is 5.82 Å². The molecule has 4 rings (SSSR count). The minimum absolute atomic E-state index is 0.0904. The molecule has 2 aliphatic heterocycles. The molecule has 41 heavy (non-hydrogen) atoms. The first kappa shape index (κ1) is 30.2. The lowest BCUT2D eigenvalue weighted by atomic mass is 9.83. The molecule has 1 spiro atoms. The van der Waals surface area contributed by atoms with Gasteiger partial charge in [0.25, 0.3) is 5.91 Å². The van der Waals surface area contributed by atoms with Crippen molar-refractivity contribution < 1.29 is 23.6 Å². The second kappa shape index (κ2) is 13.7. The number of carbonyl (C=O) groups excluding carboxylic acids is 4. The van der Waals surface area contributed by atoms with Gasteiger partial charge in [-0.05, 0) is 61.1 Å². The van der Waals surface area contributed by atoms with Gasteiger partial charge in [0, 0.05) is 44.2 Å². The number of nitrogens with zero attached hydrogens (tertiary/aromatic N) is 1. The number of hydrogen-bond acceptors (Lipinski definition) is 5. The molecular formula is C31H40FN5O4. The molecule has 4 amide bonds. The number of carbonyl (C=O) groups is 4. The quantitative estimate of drug-likeness (QED) is 0.456. The Morgan fingerprint density at radius 1 is 0.976 bits per heavy atom. The number of benzene rings is 2. The normalized spacial score (nSPS) is 20.6. The van der Waals surface area contributed by atoms with Crippen LogP contribution in [0.4, 0.5) is 4.39 Å². The van der Waals surface area contributed by atoms with E-state index in [0.29, 0.717) is 57.4 Å². The van der Waals surface area contributed by atoms with E-state index in [1.54, 1.807) is 4.90 Å². The van der Waals surface area contributed by atoms with Crippen molar-refractivity contribution >= 4 is 23.6 Å². The van der Waals surface area contributed by atoms with E-state index in [2.05, 4.69) is 21.3 Å². The van der Waals surface area contributed by atoms with Gasteiger partial charge < -0.3 is 26.2 Å². The molecule has 0 radical (unpaired) electrons. The Bertz CT molecular complexity index is 1240. The topological polar surface area (TPSA) is 120 Å². The highest BCUT2D eigenvalue weighted by molar-refractivity contribution is 5.94. The van der Waals surface area contributed by atoms with Crippen LogP contribution in [0.3, 0.4) is 0 Å². The summed E-state index contributed by atoms with van der Waals surface area (Å²) in [5, 5.41) is 12.4.